The lowest BCUT2D eigenvalue weighted by Gasteiger charge is -2.19. The maximum atomic E-state index is 5.70. The van der Waals surface area contributed by atoms with Crippen LogP contribution in [0.5, 0.6) is 0 Å². The third-order valence-electron chi connectivity index (χ3n) is 2.14. The quantitative estimate of drug-likeness (QED) is 0.564. The summed E-state index contributed by atoms with van der Waals surface area (Å²) in [5, 5.41) is 3.34. The Morgan fingerprint density at radius 1 is 1.00 bits per heavy atom. The van der Waals surface area contributed by atoms with Gasteiger partial charge in [-0.2, -0.15) is 0 Å². The normalized spacial score (nSPS) is 13.6. The molecule has 0 aromatic heterocycles. The summed E-state index contributed by atoms with van der Waals surface area (Å²) in [6.07, 6.45) is 0.102. The van der Waals surface area contributed by atoms with Crippen molar-refractivity contribution in [2.75, 3.05) is 40.1 Å². The van der Waals surface area contributed by atoms with Gasteiger partial charge in [-0.15, -0.1) is 0 Å². The highest BCUT2D eigenvalue weighted by molar-refractivity contribution is 4.63. The van der Waals surface area contributed by atoms with Crippen LogP contribution in [0.4, 0.5) is 0 Å². The first-order chi connectivity index (χ1) is 8.06. The molecule has 0 aliphatic carbocycles. The molecule has 104 valence electrons. The summed E-state index contributed by atoms with van der Waals surface area (Å²) in [4.78, 5) is 0. The van der Waals surface area contributed by atoms with Gasteiger partial charge in [0.15, 0.2) is 0 Å². The Labute approximate surface area is 106 Å². The van der Waals surface area contributed by atoms with Crippen molar-refractivity contribution in [1.82, 2.24) is 5.32 Å². The zero-order valence-corrected chi connectivity index (χ0v) is 12.0. The molecule has 0 radical (unpaired) electrons. The first kappa shape index (κ1) is 16.8. The standard InChI is InChI=1S/C13H29NO3/c1-11(2)9-16-6-7-17-13(10-15-5)8-14-12(3)4/h11-14H,6-10H2,1-5H3. The van der Waals surface area contributed by atoms with Crippen molar-refractivity contribution in [2.45, 2.75) is 39.8 Å². The lowest BCUT2D eigenvalue weighted by atomic mass is 10.2. The van der Waals surface area contributed by atoms with Crippen LogP contribution >= 0.6 is 0 Å². The van der Waals surface area contributed by atoms with Gasteiger partial charge in [-0.25, -0.2) is 0 Å². The second kappa shape index (κ2) is 11.0. The number of hydrogen-bond donors (Lipinski definition) is 1. The van der Waals surface area contributed by atoms with E-state index in [9.17, 15) is 0 Å². The van der Waals surface area contributed by atoms with Crippen LogP contribution in [0.15, 0.2) is 0 Å². The van der Waals surface area contributed by atoms with Gasteiger partial charge in [-0.1, -0.05) is 27.7 Å². The molecule has 0 bridgehead atoms. The molecule has 0 aromatic carbocycles. The highest BCUT2D eigenvalue weighted by Gasteiger charge is 2.09. The molecule has 0 aliphatic rings. The predicted molar refractivity (Wildman–Crippen MR) is 70.4 cm³/mol. The van der Waals surface area contributed by atoms with E-state index in [0.717, 1.165) is 13.2 Å². The molecule has 0 rings (SSSR count). The maximum Gasteiger partial charge on any atom is 0.0933 e. The second-order valence-electron chi connectivity index (χ2n) is 4.98. The molecule has 0 heterocycles. The van der Waals surface area contributed by atoms with E-state index < -0.39 is 0 Å². The SMILES string of the molecule is COCC(CNC(C)C)OCCOCC(C)C. The third kappa shape index (κ3) is 12.1. The predicted octanol–water partition coefficient (Wildman–Crippen LogP) is 1.69. The number of ether oxygens (including phenoxy) is 3. The number of methoxy groups -OCH3 is 1. The summed E-state index contributed by atoms with van der Waals surface area (Å²) in [6, 6.07) is 0.468. The Hall–Kier alpha value is -0.160. The Bertz CT molecular complexity index is 163. The molecule has 4 nitrogen and oxygen atoms in total. The Morgan fingerprint density at radius 2 is 1.71 bits per heavy atom. The summed E-state index contributed by atoms with van der Waals surface area (Å²) in [6.45, 7) is 12.0. The molecule has 0 spiro atoms. The topological polar surface area (TPSA) is 39.7 Å². The summed E-state index contributed by atoms with van der Waals surface area (Å²) < 4.78 is 16.3. The highest BCUT2D eigenvalue weighted by atomic mass is 16.5. The number of nitrogens with one attached hydrogen (secondary N) is 1. The Morgan fingerprint density at radius 3 is 2.24 bits per heavy atom. The van der Waals surface area contributed by atoms with Gasteiger partial charge in [0.25, 0.3) is 0 Å². The molecule has 0 aliphatic heterocycles. The van der Waals surface area contributed by atoms with E-state index in [1.165, 1.54) is 0 Å². The van der Waals surface area contributed by atoms with Gasteiger partial charge in [-0.3, -0.25) is 0 Å². The van der Waals surface area contributed by atoms with Gasteiger partial charge >= 0.3 is 0 Å². The monoisotopic (exact) mass is 247 g/mol. The molecule has 1 N–H and O–H groups in total. The fraction of sp³-hybridized carbons (Fsp3) is 1.00. The van der Waals surface area contributed by atoms with E-state index in [4.69, 9.17) is 14.2 Å². The smallest absolute Gasteiger partial charge is 0.0933 e. The van der Waals surface area contributed by atoms with Crippen molar-refractivity contribution in [3.05, 3.63) is 0 Å². The average molecular weight is 247 g/mol. The first-order valence-electron chi connectivity index (χ1n) is 6.48. The molecule has 0 fully saturated rings. The molecule has 4 heteroatoms. The van der Waals surface area contributed by atoms with Crippen molar-refractivity contribution < 1.29 is 14.2 Å². The van der Waals surface area contributed by atoms with Crippen LogP contribution in [0.1, 0.15) is 27.7 Å². The summed E-state index contributed by atoms with van der Waals surface area (Å²) >= 11 is 0. The van der Waals surface area contributed by atoms with Gasteiger partial charge in [-0.05, 0) is 5.92 Å². The molecule has 1 atom stereocenters. The van der Waals surface area contributed by atoms with E-state index in [0.29, 0.717) is 31.8 Å². The maximum absolute atomic E-state index is 5.70. The second-order valence-corrected chi connectivity index (χ2v) is 4.98. The number of rotatable bonds is 11. The van der Waals surface area contributed by atoms with E-state index in [-0.39, 0.29) is 6.10 Å². The van der Waals surface area contributed by atoms with Crippen LogP contribution < -0.4 is 5.32 Å². The third-order valence-corrected chi connectivity index (χ3v) is 2.14. The summed E-state index contributed by atoms with van der Waals surface area (Å²) in [5.74, 6) is 0.576. The van der Waals surface area contributed by atoms with E-state index in [1.807, 2.05) is 0 Å². The fourth-order valence-corrected chi connectivity index (χ4v) is 1.31. The minimum absolute atomic E-state index is 0.102. The van der Waals surface area contributed by atoms with Crippen molar-refractivity contribution >= 4 is 0 Å². The van der Waals surface area contributed by atoms with E-state index in [1.54, 1.807) is 7.11 Å². The van der Waals surface area contributed by atoms with Crippen LogP contribution in [-0.2, 0) is 14.2 Å². The lowest BCUT2D eigenvalue weighted by Crippen LogP contribution is -2.36. The van der Waals surface area contributed by atoms with Gasteiger partial charge in [0, 0.05) is 26.3 Å². The van der Waals surface area contributed by atoms with Crippen molar-refractivity contribution in [1.29, 1.82) is 0 Å². The van der Waals surface area contributed by atoms with Crippen molar-refractivity contribution in [2.24, 2.45) is 5.92 Å². The fourth-order valence-electron chi connectivity index (χ4n) is 1.31. The van der Waals surface area contributed by atoms with Crippen LogP contribution in [0.2, 0.25) is 0 Å². The molecule has 0 saturated carbocycles. The Kier molecular flexibility index (Phi) is 10.9. The first-order valence-corrected chi connectivity index (χ1v) is 6.48. The lowest BCUT2D eigenvalue weighted by molar-refractivity contribution is -0.0308. The zero-order valence-electron chi connectivity index (χ0n) is 12.0. The molecule has 0 saturated heterocycles. The molecular weight excluding hydrogens is 218 g/mol. The Balaban J connectivity index is 3.55. The van der Waals surface area contributed by atoms with Crippen molar-refractivity contribution in [3.8, 4) is 0 Å². The van der Waals surface area contributed by atoms with Gasteiger partial charge in [0.05, 0.1) is 25.9 Å². The minimum Gasteiger partial charge on any atom is -0.382 e. The molecule has 0 amide bonds. The minimum atomic E-state index is 0.102. The molecular formula is C13H29NO3. The van der Waals surface area contributed by atoms with Crippen LogP contribution in [0.25, 0.3) is 0 Å². The van der Waals surface area contributed by atoms with E-state index >= 15 is 0 Å². The zero-order chi connectivity index (χ0) is 13.1. The van der Waals surface area contributed by atoms with Gasteiger partial charge < -0.3 is 19.5 Å². The summed E-state index contributed by atoms with van der Waals surface area (Å²) in [5.41, 5.74) is 0. The van der Waals surface area contributed by atoms with Gasteiger partial charge in [0.1, 0.15) is 0 Å². The molecule has 0 aromatic rings. The van der Waals surface area contributed by atoms with Gasteiger partial charge in [0.2, 0.25) is 0 Å². The molecule has 1 unspecified atom stereocenters. The highest BCUT2D eigenvalue weighted by Crippen LogP contribution is 1.95. The average Bonchev–Trinajstić information content (AvgIpc) is 2.24. The van der Waals surface area contributed by atoms with E-state index in [2.05, 4.69) is 33.0 Å². The van der Waals surface area contributed by atoms with Crippen LogP contribution in [-0.4, -0.2) is 52.2 Å². The molecule has 17 heavy (non-hydrogen) atoms. The summed E-state index contributed by atoms with van der Waals surface area (Å²) in [7, 11) is 1.70. The van der Waals surface area contributed by atoms with Crippen LogP contribution in [0.3, 0.4) is 0 Å². The largest absolute Gasteiger partial charge is 0.382 e. The van der Waals surface area contributed by atoms with Crippen LogP contribution in [0, 0.1) is 5.92 Å². The van der Waals surface area contributed by atoms with Crippen molar-refractivity contribution in [3.63, 3.8) is 0 Å². The number of hydrogen-bond acceptors (Lipinski definition) is 4.